The second-order valence-electron chi connectivity index (χ2n) is 9.47. The summed E-state index contributed by atoms with van der Waals surface area (Å²) in [4.78, 5) is 42.2. The number of carboxylic acid groups (broad SMARTS) is 1. The Hall–Kier alpha value is -4.86. The maximum Gasteiger partial charge on any atom is 0.308 e. The number of likely N-dealkylation sites (tertiary alicyclic amines) is 1. The van der Waals surface area contributed by atoms with E-state index in [1.807, 2.05) is 30.3 Å². The van der Waals surface area contributed by atoms with Crippen molar-refractivity contribution in [3.8, 4) is 5.75 Å². The smallest absolute Gasteiger partial charge is 0.308 e. The monoisotopic (exact) mass is 528 g/mol. The maximum atomic E-state index is 12.7. The van der Waals surface area contributed by atoms with Crippen LogP contribution >= 0.6 is 0 Å². The number of nitrogens with one attached hydrogen (secondary N) is 2. The van der Waals surface area contributed by atoms with E-state index in [0.29, 0.717) is 35.1 Å². The summed E-state index contributed by atoms with van der Waals surface area (Å²) in [6.07, 6.45) is 0.130. The molecule has 1 saturated heterocycles. The summed E-state index contributed by atoms with van der Waals surface area (Å²) in [5.74, 6) is -1.57. The third-order valence-corrected chi connectivity index (χ3v) is 6.87. The largest absolute Gasteiger partial charge is 0.495 e. The molecular weight excluding hydrogens is 500 g/mol. The minimum absolute atomic E-state index is 0.130. The van der Waals surface area contributed by atoms with Crippen LogP contribution in [0.15, 0.2) is 71.1 Å². The number of fused-ring (bicyclic) bond motifs is 1. The molecule has 0 spiro atoms. The first-order valence-corrected chi connectivity index (χ1v) is 12.5. The zero-order valence-electron chi connectivity index (χ0n) is 21.5. The highest BCUT2D eigenvalue weighted by Gasteiger charge is 2.39. The van der Waals surface area contributed by atoms with Crippen molar-refractivity contribution >= 4 is 46.3 Å². The van der Waals surface area contributed by atoms with Crippen LogP contribution in [0.25, 0.3) is 11.1 Å². The van der Waals surface area contributed by atoms with Crippen LogP contribution in [0.3, 0.4) is 0 Å². The Morgan fingerprint density at radius 2 is 1.85 bits per heavy atom. The molecule has 2 amide bonds. The zero-order chi connectivity index (χ0) is 27.5. The van der Waals surface area contributed by atoms with Crippen LogP contribution in [0.2, 0.25) is 0 Å². The molecule has 4 aromatic rings. The molecule has 1 fully saturated rings. The van der Waals surface area contributed by atoms with Gasteiger partial charge in [-0.1, -0.05) is 30.3 Å². The molecule has 2 atom stereocenters. The molecule has 3 N–H and O–H groups in total. The predicted molar refractivity (Wildman–Crippen MR) is 145 cm³/mol. The van der Waals surface area contributed by atoms with E-state index in [4.69, 9.17) is 9.15 Å². The van der Waals surface area contributed by atoms with E-state index in [-0.39, 0.29) is 30.7 Å². The van der Waals surface area contributed by atoms with Gasteiger partial charge >= 0.3 is 5.97 Å². The predicted octanol–water partition coefficient (Wildman–Crippen LogP) is 4.41. The Balaban J connectivity index is 1.22. The highest BCUT2D eigenvalue weighted by Crippen LogP contribution is 2.34. The van der Waals surface area contributed by atoms with Gasteiger partial charge in [-0.05, 0) is 47.5 Å². The van der Waals surface area contributed by atoms with Crippen molar-refractivity contribution in [3.05, 3.63) is 77.9 Å². The molecule has 0 saturated carbocycles. The number of rotatable bonds is 8. The second-order valence-corrected chi connectivity index (χ2v) is 9.47. The van der Waals surface area contributed by atoms with Crippen LogP contribution in [0.5, 0.6) is 5.75 Å². The topological polar surface area (TPSA) is 134 Å². The maximum absolute atomic E-state index is 12.7. The van der Waals surface area contributed by atoms with Gasteiger partial charge in [0.1, 0.15) is 11.3 Å². The van der Waals surface area contributed by atoms with Crippen molar-refractivity contribution in [3.63, 3.8) is 0 Å². The number of anilines is 3. The average molecular weight is 529 g/mol. The minimum atomic E-state index is -0.924. The van der Waals surface area contributed by atoms with E-state index in [1.165, 1.54) is 6.92 Å². The SMILES string of the molecule is COc1ccccc1Nc1nc2ccc(CC(=O)Nc3ccc(C4CN(C(C)=O)CC4C(=O)O)cc3)cc2o1. The van der Waals surface area contributed by atoms with Gasteiger partial charge in [-0.3, -0.25) is 14.4 Å². The number of aromatic nitrogens is 1. The van der Waals surface area contributed by atoms with Crippen LogP contribution in [0.1, 0.15) is 24.0 Å². The van der Waals surface area contributed by atoms with E-state index in [2.05, 4.69) is 15.6 Å². The molecule has 0 bridgehead atoms. The number of carboxylic acids is 1. The van der Waals surface area contributed by atoms with Crippen molar-refractivity contribution in [2.75, 3.05) is 30.8 Å². The molecule has 5 rings (SSSR count). The number of aliphatic carboxylic acids is 1. The minimum Gasteiger partial charge on any atom is -0.495 e. The number of benzene rings is 3. The third kappa shape index (κ3) is 5.69. The lowest BCUT2D eigenvalue weighted by molar-refractivity contribution is -0.141. The lowest BCUT2D eigenvalue weighted by Crippen LogP contribution is -2.27. The number of nitrogens with zero attached hydrogens (tertiary/aromatic N) is 2. The van der Waals surface area contributed by atoms with Crippen molar-refractivity contribution in [1.82, 2.24) is 9.88 Å². The highest BCUT2D eigenvalue weighted by molar-refractivity contribution is 5.93. The van der Waals surface area contributed by atoms with E-state index in [1.54, 1.807) is 48.4 Å². The van der Waals surface area contributed by atoms with E-state index < -0.39 is 11.9 Å². The molecule has 200 valence electrons. The number of para-hydroxylation sites is 2. The number of methoxy groups -OCH3 is 1. The van der Waals surface area contributed by atoms with Crippen LogP contribution in [0.4, 0.5) is 17.4 Å². The molecule has 0 radical (unpaired) electrons. The molecule has 1 aromatic heterocycles. The fourth-order valence-corrected chi connectivity index (χ4v) is 4.85. The number of oxazole rings is 1. The first-order valence-electron chi connectivity index (χ1n) is 12.5. The Morgan fingerprint density at radius 3 is 2.56 bits per heavy atom. The van der Waals surface area contributed by atoms with Gasteiger partial charge in [0.25, 0.3) is 6.01 Å². The zero-order valence-corrected chi connectivity index (χ0v) is 21.5. The molecule has 1 aliphatic rings. The number of amides is 2. The summed E-state index contributed by atoms with van der Waals surface area (Å²) in [5, 5.41) is 15.6. The lowest BCUT2D eigenvalue weighted by Gasteiger charge is -2.16. The number of carbonyl (C=O) groups excluding carboxylic acids is 2. The lowest BCUT2D eigenvalue weighted by atomic mass is 9.89. The molecule has 10 heteroatoms. The normalized spacial score (nSPS) is 16.7. The first-order chi connectivity index (χ1) is 18.8. The summed E-state index contributed by atoms with van der Waals surface area (Å²) in [7, 11) is 1.59. The van der Waals surface area contributed by atoms with Gasteiger partial charge in [-0.15, -0.1) is 0 Å². The molecule has 2 unspecified atom stereocenters. The van der Waals surface area contributed by atoms with Crippen molar-refractivity contribution in [2.45, 2.75) is 19.3 Å². The quantitative estimate of drug-likeness (QED) is 0.306. The molecule has 3 aromatic carbocycles. The average Bonchev–Trinajstić information content (AvgIpc) is 3.54. The summed E-state index contributed by atoms with van der Waals surface area (Å²) >= 11 is 0. The molecule has 39 heavy (non-hydrogen) atoms. The van der Waals surface area contributed by atoms with Gasteiger partial charge in [0, 0.05) is 31.6 Å². The number of hydrogen-bond donors (Lipinski definition) is 3. The molecule has 2 heterocycles. The molecule has 0 aliphatic carbocycles. The van der Waals surface area contributed by atoms with Gasteiger partial charge < -0.3 is 29.8 Å². The summed E-state index contributed by atoms with van der Waals surface area (Å²) in [6.45, 7) is 2.00. The standard InChI is InChI=1S/C29H28N4O6/c1-17(34)33-15-21(22(16-33)28(36)37)19-8-10-20(11-9-19)30-27(35)14-18-7-12-24-26(13-18)39-29(32-24)31-23-5-3-4-6-25(23)38-2/h3-13,21-22H,14-16H2,1-2H3,(H,30,35)(H,31,32)(H,36,37). The third-order valence-electron chi connectivity index (χ3n) is 6.87. The van der Waals surface area contributed by atoms with E-state index in [0.717, 1.165) is 16.8 Å². The Morgan fingerprint density at radius 1 is 1.08 bits per heavy atom. The summed E-state index contributed by atoms with van der Waals surface area (Å²) < 4.78 is 11.2. The van der Waals surface area contributed by atoms with Gasteiger partial charge in [0.2, 0.25) is 11.8 Å². The van der Waals surface area contributed by atoms with Crippen LogP contribution < -0.4 is 15.4 Å². The van der Waals surface area contributed by atoms with Gasteiger partial charge in [0.15, 0.2) is 5.58 Å². The van der Waals surface area contributed by atoms with Crippen LogP contribution in [-0.4, -0.2) is 53.0 Å². The van der Waals surface area contributed by atoms with Crippen LogP contribution in [0, 0.1) is 5.92 Å². The fourth-order valence-electron chi connectivity index (χ4n) is 4.85. The number of ether oxygens (including phenoxy) is 1. The van der Waals surface area contributed by atoms with E-state index >= 15 is 0 Å². The first kappa shape index (κ1) is 25.8. The fraction of sp³-hybridized carbons (Fsp3) is 0.241. The Bertz CT molecular complexity index is 1530. The van der Waals surface area contributed by atoms with Gasteiger partial charge in [-0.25, -0.2) is 0 Å². The van der Waals surface area contributed by atoms with Gasteiger partial charge in [-0.2, -0.15) is 4.98 Å². The molecule has 10 nitrogen and oxygen atoms in total. The molecule has 1 aliphatic heterocycles. The highest BCUT2D eigenvalue weighted by atomic mass is 16.5. The summed E-state index contributed by atoms with van der Waals surface area (Å²) in [6, 6.07) is 20.3. The van der Waals surface area contributed by atoms with Crippen molar-refractivity contribution < 1.29 is 28.6 Å². The second kappa shape index (κ2) is 10.9. The number of carbonyl (C=O) groups is 3. The van der Waals surface area contributed by atoms with E-state index in [9.17, 15) is 19.5 Å². The Labute approximate surface area is 224 Å². The van der Waals surface area contributed by atoms with Gasteiger partial charge in [0.05, 0.1) is 25.1 Å². The van der Waals surface area contributed by atoms with Crippen molar-refractivity contribution in [1.29, 1.82) is 0 Å². The summed E-state index contributed by atoms with van der Waals surface area (Å²) in [5.41, 5.74) is 4.10. The van der Waals surface area contributed by atoms with Crippen molar-refractivity contribution in [2.24, 2.45) is 5.92 Å². The number of hydrogen-bond acceptors (Lipinski definition) is 7. The van der Waals surface area contributed by atoms with Crippen LogP contribution in [-0.2, 0) is 20.8 Å². The Kier molecular flexibility index (Phi) is 7.18. The molecular formula is C29H28N4O6.